The minimum atomic E-state index is 0.288. The van der Waals surface area contributed by atoms with E-state index in [4.69, 9.17) is 39.9 Å². The summed E-state index contributed by atoms with van der Waals surface area (Å²) >= 11 is 12.4. The summed E-state index contributed by atoms with van der Waals surface area (Å²) in [6, 6.07) is 14.4. The zero-order valence-electron chi connectivity index (χ0n) is 17.0. The van der Waals surface area contributed by atoms with Crippen LogP contribution in [0, 0.1) is 11.3 Å². The van der Waals surface area contributed by atoms with Crippen LogP contribution in [-0.4, -0.2) is 47.0 Å². The summed E-state index contributed by atoms with van der Waals surface area (Å²) in [6.07, 6.45) is 1.69. The summed E-state index contributed by atoms with van der Waals surface area (Å²) in [5.41, 5.74) is 14.8. The SMILES string of the molecule is N#Cc1ccc(N=C(N)N2CCN(c3cnc(-c4cccc(Cl)c4Cl)c(N)n3)CC2)cc1. The number of aliphatic imine (C=N–C) groups is 1. The Morgan fingerprint density at radius 1 is 1.06 bits per heavy atom. The van der Waals surface area contributed by atoms with Gasteiger partial charge in [-0.15, -0.1) is 0 Å². The van der Waals surface area contributed by atoms with Gasteiger partial charge in [-0.05, 0) is 30.3 Å². The number of nitriles is 1. The Kier molecular flexibility index (Phi) is 6.30. The number of nitrogens with two attached hydrogens (primary N) is 2. The standard InChI is InChI=1S/C22H20Cl2N8/c23-17-3-1-2-16(19(17)24)20-21(26)30-18(13-28-20)31-8-10-32(11-9-31)22(27)29-15-6-4-14(12-25)5-7-15/h1-7,13H,8-11H2,(H2,26,30)(H2,27,29). The largest absolute Gasteiger partial charge is 0.382 e. The van der Waals surface area contributed by atoms with Crippen LogP contribution >= 0.6 is 23.2 Å². The van der Waals surface area contributed by atoms with E-state index in [9.17, 15) is 0 Å². The summed E-state index contributed by atoms with van der Waals surface area (Å²) in [5, 5.41) is 9.73. The number of piperazine rings is 1. The lowest BCUT2D eigenvalue weighted by molar-refractivity contribution is 0.381. The molecule has 1 aliphatic rings. The number of anilines is 2. The van der Waals surface area contributed by atoms with E-state index in [1.54, 1.807) is 42.6 Å². The summed E-state index contributed by atoms with van der Waals surface area (Å²) in [5.74, 6) is 1.41. The zero-order valence-corrected chi connectivity index (χ0v) is 18.6. The molecule has 162 valence electrons. The van der Waals surface area contributed by atoms with Crippen molar-refractivity contribution >= 4 is 46.5 Å². The fraction of sp³-hybridized carbons (Fsp3) is 0.182. The van der Waals surface area contributed by atoms with Gasteiger partial charge in [-0.3, -0.25) is 0 Å². The van der Waals surface area contributed by atoms with Gasteiger partial charge in [-0.2, -0.15) is 5.26 Å². The molecule has 1 saturated heterocycles. The topological polar surface area (TPSA) is 120 Å². The number of aromatic nitrogens is 2. The number of halogens is 2. The molecule has 1 fully saturated rings. The molecule has 0 spiro atoms. The lowest BCUT2D eigenvalue weighted by Crippen LogP contribution is -2.51. The van der Waals surface area contributed by atoms with Crippen LogP contribution < -0.4 is 16.4 Å². The van der Waals surface area contributed by atoms with Crippen LogP contribution in [0.1, 0.15) is 5.56 Å². The summed E-state index contributed by atoms with van der Waals surface area (Å²) in [6.45, 7) is 2.73. The second-order valence-electron chi connectivity index (χ2n) is 7.17. The maximum atomic E-state index is 8.89. The van der Waals surface area contributed by atoms with Crippen LogP contribution in [0.4, 0.5) is 17.3 Å². The highest BCUT2D eigenvalue weighted by molar-refractivity contribution is 6.43. The van der Waals surface area contributed by atoms with Crippen molar-refractivity contribution in [2.45, 2.75) is 0 Å². The predicted octanol–water partition coefficient (Wildman–Crippen LogP) is 3.67. The predicted molar refractivity (Wildman–Crippen MR) is 128 cm³/mol. The van der Waals surface area contributed by atoms with Gasteiger partial charge in [-0.1, -0.05) is 35.3 Å². The highest BCUT2D eigenvalue weighted by Gasteiger charge is 2.21. The van der Waals surface area contributed by atoms with Crippen molar-refractivity contribution in [3.63, 3.8) is 0 Å². The van der Waals surface area contributed by atoms with Crippen molar-refractivity contribution in [2.24, 2.45) is 10.7 Å². The molecule has 0 unspecified atom stereocenters. The third-order valence-corrected chi connectivity index (χ3v) is 5.98. The molecule has 8 nitrogen and oxygen atoms in total. The molecule has 0 radical (unpaired) electrons. The number of rotatable bonds is 3. The van der Waals surface area contributed by atoms with Crippen LogP contribution in [0.15, 0.2) is 53.7 Å². The van der Waals surface area contributed by atoms with E-state index in [2.05, 4.69) is 25.9 Å². The first-order valence-electron chi connectivity index (χ1n) is 9.87. The average Bonchev–Trinajstić information content (AvgIpc) is 2.81. The molecule has 32 heavy (non-hydrogen) atoms. The van der Waals surface area contributed by atoms with Crippen molar-refractivity contribution in [1.29, 1.82) is 5.26 Å². The van der Waals surface area contributed by atoms with E-state index < -0.39 is 0 Å². The van der Waals surface area contributed by atoms with Gasteiger partial charge in [0, 0.05) is 31.7 Å². The summed E-state index contributed by atoms with van der Waals surface area (Å²) in [4.78, 5) is 17.6. The van der Waals surface area contributed by atoms with Gasteiger partial charge in [0.1, 0.15) is 11.5 Å². The second-order valence-corrected chi connectivity index (χ2v) is 7.95. The van der Waals surface area contributed by atoms with Gasteiger partial charge < -0.3 is 21.3 Å². The number of hydrogen-bond acceptors (Lipinski definition) is 6. The van der Waals surface area contributed by atoms with Gasteiger partial charge in [-0.25, -0.2) is 15.0 Å². The van der Waals surface area contributed by atoms with Crippen molar-refractivity contribution in [2.75, 3.05) is 36.8 Å². The lowest BCUT2D eigenvalue weighted by Gasteiger charge is -2.35. The van der Waals surface area contributed by atoms with E-state index in [1.165, 1.54) is 0 Å². The molecule has 0 atom stereocenters. The van der Waals surface area contributed by atoms with Gasteiger partial charge in [0.05, 0.1) is 33.6 Å². The monoisotopic (exact) mass is 466 g/mol. The van der Waals surface area contributed by atoms with Crippen molar-refractivity contribution in [3.8, 4) is 17.3 Å². The normalized spacial score (nSPS) is 14.3. The van der Waals surface area contributed by atoms with Gasteiger partial charge in [0.2, 0.25) is 0 Å². The zero-order chi connectivity index (χ0) is 22.7. The molecule has 2 aromatic carbocycles. The van der Waals surface area contributed by atoms with Crippen molar-refractivity contribution in [1.82, 2.24) is 14.9 Å². The molecule has 0 amide bonds. The van der Waals surface area contributed by atoms with Crippen molar-refractivity contribution < 1.29 is 0 Å². The van der Waals surface area contributed by atoms with Crippen LogP contribution in [0.2, 0.25) is 10.0 Å². The smallest absolute Gasteiger partial charge is 0.196 e. The van der Waals surface area contributed by atoms with Gasteiger partial charge in [0.15, 0.2) is 11.8 Å². The number of hydrogen-bond donors (Lipinski definition) is 2. The molecule has 1 aliphatic heterocycles. The number of nitrogens with zero attached hydrogens (tertiary/aromatic N) is 6. The molecule has 4 rings (SSSR count). The van der Waals surface area contributed by atoms with Crippen LogP contribution in [0.25, 0.3) is 11.3 Å². The molecule has 3 aromatic rings. The summed E-state index contributed by atoms with van der Waals surface area (Å²) < 4.78 is 0. The van der Waals surface area contributed by atoms with E-state index >= 15 is 0 Å². The molecule has 0 aliphatic carbocycles. The molecule has 10 heteroatoms. The van der Waals surface area contributed by atoms with Gasteiger partial charge >= 0.3 is 0 Å². The highest BCUT2D eigenvalue weighted by atomic mass is 35.5. The first-order chi connectivity index (χ1) is 15.5. The Morgan fingerprint density at radius 2 is 1.78 bits per heavy atom. The molecular weight excluding hydrogens is 447 g/mol. The first-order valence-corrected chi connectivity index (χ1v) is 10.6. The van der Waals surface area contributed by atoms with E-state index in [0.29, 0.717) is 70.5 Å². The Morgan fingerprint density at radius 3 is 2.44 bits per heavy atom. The third-order valence-electron chi connectivity index (χ3n) is 5.16. The molecular formula is C22H20Cl2N8. The third kappa shape index (κ3) is 4.54. The quantitative estimate of drug-likeness (QED) is 0.445. The summed E-state index contributed by atoms with van der Waals surface area (Å²) in [7, 11) is 0. The van der Waals surface area contributed by atoms with Crippen LogP contribution in [0.5, 0.6) is 0 Å². The van der Waals surface area contributed by atoms with E-state index in [-0.39, 0.29) is 5.82 Å². The van der Waals surface area contributed by atoms with E-state index in [0.717, 1.165) is 0 Å². The molecule has 4 N–H and O–H groups in total. The number of nitrogen functional groups attached to an aromatic ring is 1. The number of benzene rings is 2. The second kappa shape index (κ2) is 9.30. The van der Waals surface area contributed by atoms with Crippen LogP contribution in [0.3, 0.4) is 0 Å². The van der Waals surface area contributed by atoms with Crippen molar-refractivity contribution in [3.05, 3.63) is 64.3 Å². The maximum absolute atomic E-state index is 8.89. The maximum Gasteiger partial charge on any atom is 0.196 e. The molecule has 2 heterocycles. The fourth-order valence-corrected chi connectivity index (χ4v) is 3.81. The fourth-order valence-electron chi connectivity index (χ4n) is 3.42. The van der Waals surface area contributed by atoms with Crippen LogP contribution in [-0.2, 0) is 0 Å². The number of guanidine groups is 1. The Balaban J connectivity index is 1.44. The minimum absolute atomic E-state index is 0.288. The minimum Gasteiger partial charge on any atom is -0.382 e. The Labute approximate surface area is 195 Å². The first kappa shape index (κ1) is 21.7. The Hall–Kier alpha value is -3.54. The molecule has 0 bridgehead atoms. The lowest BCUT2D eigenvalue weighted by atomic mass is 10.1. The Bertz CT molecular complexity index is 1200. The van der Waals surface area contributed by atoms with E-state index in [1.807, 2.05) is 11.0 Å². The molecule has 0 saturated carbocycles. The highest BCUT2D eigenvalue weighted by Crippen LogP contribution is 2.35. The molecule has 1 aromatic heterocycles. The average molecular weight is 467 g/mol. The van der Waals surface area contributed by atoms with Gasteiger partial charge in [0.25, 0.3) is 0 Å².